The van der Waals surface area contributed by atoms with Crippen molar-refractivity contribution in [1.29, 1.82) is 0 Å². The van der Waals surface area contributed by atoms with Gasteiger partial charge in [0.15, 0.2) is 0 Å². The Hall–Kier alpha value is -2.90. The predicted molar refractivity (Wildman–Crippen MR) is 71.4 cm³/mol. The zero-order valence-electron chi connectivity index (χ0n) is 11.0. The number of alkyl halides is 3. The van der Waals surface area contributed by atoms with E-state index in [9.17, 15) is 23.1 Å². The summed E-state index contributed by atoms with van der Waals surface area (Å²) < 4.78 is 44.3. The number of ether oxygens (including phenoxy) is 1. The number of carboxylic acid groups (broad SMARTS) is 1. The number of hydrogen-bond donors (Lipinski definition) is 2. The van der Waals surface area contributed by atoms with Crippen molar-refractivity contribution < 1.29 is 27.8 Å². The summed E-state index contributed by atoms with van der Waals surface area (Å²) in [6.07, 6.45) is -6.42. The monoisotopic (exact) mass is 311 g/mol. The number of carbonyl (C=O) groups excluding carboxylic acids is 1. The van der Waals surface area contributed by atoms with Crippen molar-refractivity contribution in [2.75, 3.05) is 11.1 Å². The SMILES string of the molecule is Nc1ccc(Oc2ccc(NC(=O)[O-])cc2C(F)(F)F)cc1. The van der Waals surface area contributed by atoms with Crippen molar-refractivity contribution >= 4 is 17.5 Å². The van der Waals surface area contributed by atoms with E-state index in [1.54, 1.807) is 5.32 Å². The molecule has 0 spiro atoms. The molecule has 22 heavy (non-hydrogen) atoms. The normalized spacial score (nSPS) is 11.0. The molecule has 0 radical (unpaired) electrons. The van der Waals surface area contributed by atoms with Crippen molar-refractivity contribution in [1.82, 2.24) is 0 Å². The average molecular weight is 311 g/mol. The van der Waals surface area contributed by atoms with Crippen molar-refractivity contribution in [2.45, 2.75) is 6.18 Å². The van der Waals surface area contributed by atoms with Gasteiger partial charge in [0, 0.05) is 11.4 Å². The van der Waals surface area contributed by atoms with Gasteiger partial charge in [-0.15, -0.1) is 0 Å². The van der Waals surface area contributed by atoms with Crippen LogP contribution in [0.25, 0.3) is 0 Å². The van der Waals surface area contributed by atoms with Crippen LogP contribution in [0.2, 0.25) is 0 Å². The van der Waals surface area contributed by atoms with Crippen LogP contribution < -0.4 is 20.9 Å². The Kier molecular flexibility index (Phi) is 4.11. The lowest BCUT2D eigenvalue weighted by molar-refractivity contribution is -0.242. The van der Waals surface area contributed by atoms with E-state index in [4.69, 9.17) is 10.5 Å². The zero-order valence-corrected chi connectivity index (χ0v) is 11.0. The molecule has 0 aliphatic carbocycles. The van der Waals surface area contributed by atoms with Crippen molar-refractivity contribution in [3.8, 4) is 11.5 Å². The van der Waals surface area contributed by atoms with Crippen LogP contribution in [0.4, 0.5) is 29.3 Å². The standard InChI is InChI=1S/C14H11F3N2O3/c15-14(16,17)11-7-9(19-13(20)21)3-6-12(11)22-10-4-1-8(18)2-5-10/h1-7,19H,18H2,(H,20,21)/p-1. The van der Waals surface area contributed by atoms with Gasteiger partial charge < -0.3 is 25.7 Å². The van der Waals surface area contributed by atoms with Crippen LogP contribution in [0.1, 0.15) is 5.56 Å². The molecule has 0 aliphatic rings. The largest absolute Gasteiger partial charge is 0.530 e. The summed E-state index contributed by atoms with van der Waals surface area (Å²) in [6, 6.07) is 8.58. The zero-order chi connectivity index (χ0) is 16.3. The lowest BCUT2D eigenvalue weighted by Gasteiger charge is -2.16. The van der Waals surface area contributed by atoms with Crippen LogP contribution >= 0.6 is 0 Å². The fraction of sp³-hybridized carbons (Fsp3) is 0.0714. The number of halogens is 3. The maximum atomic E-state index is 13.0. The number of amides is 1. The number of benzene rings is 2. The Morgan fingerprint density at radius 2 is 1.77 bits per heavy atom. The maximum Gasteiger partial charge on any atom is 0.420 e. The summed E-state index contributed by atoms with van der Waals surface area (Å²) in [5, 5.41) is 12.1. The van der Waals surface area contributed by atoms with Gasteiger partial charge in [0.1, 0.15) is 23.2 Å². The van der Waals surface area contributed by atoms with E-state index in [0.717, 1.165) is 12.1 Å². The van der Waals surface area contributed by atoms with Crippen LogP contribution in [-0.2, 0) is 6.18 Å². The van der Waals surface area contributed by atoms with Gasteiger partial charge in [-0.05, 0) is 42.5 Å². The van der Waals surface area contributed by atoms with Gasteiger partial charge in [-0.25, -0.2) is 0 Å². The van der Waals surface area contributed by atoms with E-state index in [2.05, 4.69) is 0 Å². The molecule has 1 amide bonds. The molecule has 8 heteroatoms. The Balaban J connectivity index is 2.37. The summed E-state index contributed by atoms with van der Waals surface area (Å²) in [7, 11) is 0. The molecular weight excluding hydrogens is 301 g/mol. The number of nitrogens with one attached hydrogen (secondary N) is 1. The molecule has 0 saturated carbocycles. The number of hydrogen-bond acceptors (Lipinski definition) is 4. The minimum Gasteiger partial charge on any atom is -0.530 e. The lowest BCUT2D eigenvalue weighted by atomic mass is 10.1. The number of anilines is 2. The average Bonchev–Trinajstić information content (AvgIpc) is 2.41. The van der Waals surface area contributed by atoms with Crippen LogP contribution in [0, 0.1) is 0 Å². The number of rotatable bonds is 3. The smallest absolute Gasteiger partial charge is 0.420 e. The van der Waals surface area contributed by atoms with Gasteiger partial charge in [0.05, 0.1) is 0 Å². The third-order valence-electron chi connectivity index (χ3n) is 2.64. The Bertz CT molecular complexity index is 685. The number of carbonyl (C=O) groups is 1. The molecule has 0 fully saturated rings. The highest BCUT2D eigenvalue weighted by molar-refractivity contribution is 5.81. The van der Waals surface area contributed by atoms with Gasteiger partial charge in [-0.3, -0.25) is 0 Å². The van der Waals surface area contributed by atoms with Crippen LogP contribution in [0.5, 0.6) is 11.5 Å². The van der Waals surface area contributed by atoms with E-state index in [1.807, 2.05) is 0 Å². The first-order valence-electron chi connectivity index (χ1n) is 5.98. The van der Waals surface area contributed by atoms with Crippen molar-refractivity contribution in [3.63, 3.8) is 0 Å². The molecule has 0 heterocycles. The van der Waals surface area contributed by atoms with E-state index in [0.29, 0.717) is 11.8 Å². The lowest BCUT2D eigenvalue weighted by Crippen LogP contribution is -2.28. The maximum absolute atomic E-state index is 13.0. The summed E-state index contributed by atoms with van der Waals surface area (Å²) in [6.45, 7) is 0. The van der Waals surface area contributed by atoms with E-state index in [-0.39, 0.29) is 11.4 Å². The molecule has 0 bridgehead atoms. The van der Waals surface area contributed by atoms with Crippen LogP contribution in [0.3, 0.4) is 0 Å². The molecular formula is C14H10F3N2O3-. The van der Waals surface area contributed by atoms with E-state index < -0.39 is 23.6 Å². The number of nitrogens with two attached hydrogens (primary N) is 1. The second kappa shape index (κ2) is 5.84. The Morgan fingerprint density at radius 3 is 2.32 bits per heavy atom. The van der Waals surface area contributed by atoms with Gasteiger partial charge >= 0.3 is 6.18 Å². The van der Waals surface area contributed by atoms with Crippen LogP contribution in [-0.4, -0.2) is 6.09 Å². The molecule has 5 nitrogen and oxygen atoms in total. The highest BCUT2D eigenvalue weighted by Crippen LogP contribution is 2.39. The summed E-state index contributed by atoms with van der Waals surface area (Å²) >= 11 is 0. The first-order valence-corrected chi connectivity index (χ1v) is 5.98. The van der Waals surface area contributed by atoms with Gasteiger partial charge in [0.25, 0.3) is 0 Å². The van der Waals surface area contributed by atoms with Gasteiger partial charge in [-0.1, -0.05) is 0 Å². The second-order valence-electron chi connectivity index (χ2n) is 4.29. The molecule has 0 unspecified atom stereocenters. The summed E-state index contributed by atoms with van der Waals surface area (Å²) in [4.78, 5) is 10.4. The quantitative estimate of drug-likeness (QED) is 0.853. The van der Waals surface area contributed by atoms with Crippen molar-refractivity contribution in [3.05, 3.63) is 48.0 Å². The first-order chi connectivity index (χ1) is 10.3. The van der Waals surface area contributed by atoms with Gasteiger partial charge in [0.2, 0.25) is 0 Å². The topological polar surface area (TPSA) is 87.4 Å². The highest BCUT2D eigenvalue weighted by atomic mass is 19.4. The van der Waals surface area contributed by atoms with Crippen molar-refractivity contribution in [2.24, 2.45) is 0 Å². The van der Waals surface area contributed by atoms with Gasteiger partial charge in [-0.2, -0.15) is 13.2 Å². The first kappa shape index (κ1) is 15.5. The van der Waals surface area contributed by atoms with E-state index >= 15 is 0 Å². The Labute approximate surface area is 123 Å². The predicted octanol–water partition coefficient (Wildman–Crippen LogP) is 2.84. The molecule has 0 atom stereocenters. The molecule has 3 N–H and O–H groups in total. The Morgan fingerprint density at radius 1 is 1.14 bits per heavy atom. The number of nitrogen functional groups attached to an aromatic ring is 1. The molecule has 2 aromatic carbocycles. The minimum absolute atomic E-state index is 0.167. The fourth-order valence-electron chi connectivity index (χ4n) is 1.70. The molecule has 0 aliphatic heterocycles. The van der Waals surface area contributed by atoms with Crippen LogP contribution in [0.15, 0.2) is 42.5 Å². The highest BCUT2D eigenvalue weighted by Gasteiger charge is 2.35. The molecule has 0 saturated heterocycles. The molecule has 0 aromatic heterocycles. The summed E-state index contributed by atoms with van der Waals surface area (Å²) in [5.41, 5.74) is 4.54. The molecule has 2 rings (SSSR count). The third kappa shape index (κ3) is 3.81. The fourth-order valence-corrected chi connectivity index (χ4v) is 1.70. The van der Waals surface area contributed by atoms with E-state index in [1.165, 1.54) is 24.3 Å². The second-order valence-corrected chi connectivity index (χ2v) is 4.29. The molecule has 116 valence electrons. The molecule has 2 aromatic rings. The minimum atomic E-state index is -4.72. The third-order valence-corrected chi connectivity index (χ3v) is 2.64. The summed E-state index contributed by atoms with van der Waals surface area (Å²) in [5.74, 6) is -0.290.